The van der Waals surface area contributed by atoms with Crippen molar-refractivity contribution in [2.45, 2.75) is 31.7 Å². The van der Waals surface area contributed by atoms with Gasteiger partial charge >= 0.3 is 0 Å². The van der Waals surface area contributed by atoms with Crippen LogP contribution in [0.5, 0.6) is 5.75 Å². The summed E-state index contributed by atoms with van der Waals surface area (Å²) in [5.74, 6) is 0.669. The molecular formula is C13H23ClN2O3S. The smallest absolute Gasteiger partial charge is 0.240 e. The van der Waals surface area contributed by atoms with Gasteiger partial charge in [0.05, 0.1) is 11.5 Å². The summed E-state index contributed by atoms with van der Waals surface area (Å²) in [7, 11) is -3.45. The van der Waals surface area contributed by atoms with Crippen LogP contribution < -0.4 is 14.8 Å². The highest BCUT2D eigenvalue weighted by molar-refractivity contribution is 7.89. The molecule has 0 aromatic heterocycles. The van der Waals surface area contributed by atoms with E-state index >= 15 is 0 Å². The molecule has 0 fully saturated rings. The van der Waals surface area contributed by atoms with Crippen molar-refractivity contribution in [3.8, 4) is 5.75 Å². The molecule has 0 bridgehead atoms. The van der Waals surface area contributed by atoms with Crippen molar-refractivity contribution >= 4 is 22.4 Å². The number of rotatable bonds is 8. The third-order valence-corrected chi connectivity index (χ3v) is 4.02. The molecule has 0 saturated carbocycles. The number of ether oxygens (including phenoxy) is 1. The molecule has 1 aromatic carbocycles. The Hall–Kier alpha value is -0.820. The van der Waals surface area contributed by atoms with E-state index in [2.05, 4.69) is 10.0 Å². The molecule has 0 heterocycles. The minimum atomic E-state index is -3.45. The maximum absolute atomic E-state index is 12.0. The lowest BCUT2D eigenvalue weighted by atomic mass is 10.3. The molecule has 5 nitrogen and oxygen atoms in total. The summed E-state index contributed by atoms with van der Waals surface area (Å²) in [5.41, 5.74) is 0. The Morgan fingerprint density at radius 3 is 2.30 bits per heavy atom. The molecule has 1 aromatic rings. The molecular weight excluding hydrogens is 300 g/mol. The summed E-state index contributed by atoms with van der Waals surface area (Å²) in [5, 5.41) is 3.15. The molecule has 116 valence electrons. The molecule has 0 radical (unpaired) electrons. The second-order valence-electron chi connectivity index (χ2n) is 4.22. The van der Waals surface area contributed by atoms with Crippen molar-refractivity contribution in [2.75, 3.05) is 19.7 Å². The summed E-state index contributed by atoms with van der Waals surface area (Å²) in [6, 6.07) is 6.51. The second-order valence-corrected chi connectivity index (χ2v) is 5.98. The molecule has 2 N–H and O–H groups in total. The fraction of sp³-hybridized carbons (Fsp3) is 0.538. The molecule has 0 aliphatic rings. The molecule has 0 saturated heterocycles. The predicted molar refractivity (Wildman–Crippen MR) is 83.2 cm³/mol. The van der Waals surface area contributed by atoms with Crippen LogP contribution in [0.2, 0.25) is 0 Å². The van der Waals surface area contributed by atoms with E-state index in [-0.39, 0.29) is 23.3 Å². The van der Waals surface area contributed by atoms with Crippen molar-refractivity contribution in [1.29, 1.82) is 0 Å². The van der Waals surface area contributed by atoms with Gasteiger partial charge in [0.1, 0.15) is 5.75 Å². The van der Waals surface area contributed by atoms with Crippen LogP contribution in [0.4, 0.5) is 0 Å². The van der Waals surface area contributed by atoms with Crippen molar-refractivity contribution in [3.05, 3.63) is 24.3 Å². The summed E-state index contributed by atoms with van der Waals surface area (Å²) >= 11 is 0. The van der Waals surface area contributed by atoms with E-state index in [9.17, 15) is 8.42 Å². The average Bonchev–Trinajstić information content (AvgIpc) is 2.38. The van der Waals surface area contributed by atoms with Gasteiger partial charge in [-0.2, -0.15) is 0 Å². The maximum atomic E-state index is 12.0. The molecule has 20 heavy (non-hydrogen) atoms. The van der Waals surface area contributed by atoms with Crippen LogP contribution in [0, 0.1) is 0 Å². The Kier molecular flexibility index (Phi) is 8.80. The molecule has 0 unspecified atom stereocenters. The van der Waals surface area contributed by atoms with Crippen LogP contribution in [-0.2, 0) is 10.0 Å². The normalized spacial score (nSPS) is 12.6. The number of likely N-dealkylation sites (N-methyl/N-ethyl adjacent to an activating group) is 1. The quantitative estimate of drug-likeness (QED) is 0.765. The molecule has 0 amide bonds. The first kappa shape index (κ1) is 19.2. The van der Waals surface area contributed by atoms with Crippen LogP contribution in [0.3, 0.4) is 0 Å². The molecule has 1 rings (SSSR count). The number of hydrogen-bond acceptors (Lipinski definition) is 4. The van der Waals surface area contributed by atoms with E-state index < -0.39 is 10.0 Å². The third kappa shape index (κ3) is 6.09. The first-order valence-corrected chi connectivity index (χ1v) is 7.93. The number of benzene rings is 1. The van der Waals surface area contributed by atoms with Gasteiger partial charge in [0.25, 0.3) is 0 Å². The van der Waals surface area contributed by atoms with Crippen molar-refractivity contribution < 1.29 is 13.2 Å². The number of sulfonamides is 1. The summed E-state index contributed by atoms with van der Waals surface area (Å²) in [6.45, 7) is 7.54. The van der Waals surface area contributed by atoms with E-state index in [0.29, 0.717) is 18.9 Å². The lowest BCUT2D eigenvalue weighted by Crippen LogP contribution is -2.38. The summed E-state index contributed by atoms with van der Waals surface area (Å²) < 4.78 is 31.9. The highest BCUT2D eigenvalue weighted by atomic mass is 35.5. The molecule has 1 atom stereocenters. The van der Waals surface area contributed by atoms with Gasteiger partial charge in [-0.05, 0) is 44.7 Å². The Bertz CT molecular complexity index is 477. The highest BCUT2D eigenvalue weighted by Crippen LogP contribution is 2.15. The first-order valence-electron chi connectivity index (χ1n) is 6.45. The Morgan fingerprint density at radius 2 is 1.80 bits per heavy atom. The zero-order valence-corrected chi connectivity index (χ0v) is 13.7. The van der Waals surface area contributed by atoms with Crippen LogP contribution in [-0.4, -0.2) is 34.2 Å². The molecule has 7 heteroatoms. The Labute approximate surface area is 127 Å². The third-order valence-electron chi connectivity index (χ3n) is 2.58. The van der Waals surface area contributed by atoms with Gasteiger partial charge in [0.2, 0.25) is 10.0 Å². The second kappa shape index (κ2) is 9.18. The predicted octanol–water partition coefficient (Wildman–Crippen LogP) is 1.78. The average molecular weight is 323 g/mol. The van der Waals surface area contributed by atoms with Gasteiger partial charge in [0.15, 0.2) is 0 Å². The van der Waals surface area contributed by atoms with Gasteiger partial charge in [-0.1, -0.05) is 6.92 Å². The minimum Gasteiger partial charge on any atom is -0.494 e. The van der Waals surface area contributed by atoms with Crippen LogP contribution in [0.25, 0.3) is 0 Å². The van der Waals surface area contributed by atoms with Gasteiger partial charge in [-0.15, -0.1) is 12.4 Å². The van der Waals surface area contributed by atoms with E-state index in [1.807, 2.05) is 20.8 Å². The first-order chi connectivity index (χ1) is 8.99. The SMILES string of the molecule is CCN[C@H](C)CNS(=O)(=O)c1ccc(OCC)cc1.Cl. The minimum absolute atomic E-state index is 0. The Balaban J connectivity index is 0.00000361. The molecule has 0 aliphatic heterocycles. The fourth-order valence-corrected chi connectivity index (χ4v) is 2.75. The largest absolute Gasteiger partial charge is 0.494 e. The van der Waals surface area contributed by atoms with Crippen molar-refractivity contribution in [2.24, 2.45) is 0 Å². The van der Waals surface area contributed by atoms with E-state index in [4.69, 9.17) is 4.74 Å². The van der Waals surface area contributed by atoms with E-state index in [1.165, 1.54) is 0 Å². The lowest BCUT2D eigenvalue weighted by Gasteiger charge is -2.13. The fourth-order valence-electron chi connectivity index (χ4n) is 1.62. The van der Waals surface area contributed by atoms with E-state index in [0.717, 1.165) is 6.54 Å². The van der Waals surface area contributed by atoms with Crippen LogP contribution in [0.15, 0.2) is 29.2 Å². The highest BCUT2D eigenvalue weighted by Gasteiger charge is 2.14. The van der Waals surface area contributed by atoms with Gasteiger partial charge < -0.3 is 10.1 Å². The Morgan fingerprint density at radius 1 is 1.20 bits per heavy atom. The van der Waals surface area contributed by atoms with Gasteiger partial charge in [-0.3, -0.25) is 0 Å². The van der Waals surface area contributed by atoms with Crippen molar-refractivity contribution in [3.63, 3.8) is 0 Å². The number of hydrogen-bond donors (Lipinski definition) is 2. The lowest BCUT2D eigenvalue weighted by molar-refractivity contribution is 0.340. The van der Waals surface area contributed by atoms with Gasteiger partial charge in [-0.25, -0.2) is 13.1 Å². The standard InChI is InChI=1S/C13H22N2O3S.ClH/c1-4-14-11(3)10-15-19(16,17)13-8-6-12(7-9-13)18-5-2;/h6-9,11,14-15H,4-5,10H2,1-3H3;1H/t11-;/m1./s1. The van der Waals surface area contributed by atoms with E-state index in [1.54, 1.807) is 24.3 Å². The molecule has 0 spiro atoms. The topological polar surface area (TPSA) is 67.4 Å². The van der Waals surface area contributed by atoms with Crippen LogP contribution >= 0.6 is 12.4 Å². The summed E-state index contributed by atoms with van der Waals surface area (Å²) in [4.78, 5) is 0.250. The monoisotopic (exact) mass is 322 g/mol. The van der Waals surface area contributed by atoms with Gasteiger partial charge in [0, 0.05) is 12.6 Å². The summed E-state index contributed by atoms with van der Waals surface area (Å²) in [6.07, 6.45) is 0. The zero-order valence-electron chi connectivity index (χ0n) is 12.0. The number of halogens is 1. The van der Waals surface area contributed by atoms with Crippen LogP contribution in [0.1, 0.15) is 20.8 Å². The zero-order chi connectivity index (χ0) is 14.3. The maximum Gasteiger partial charge on any atom is 0.240 e. The molecule has 0 aliphatic carbocycles. The van der Waals surface area contributed by atoms with Crippen molar-refractivity contribution in [1.82, 2.24) is 10.0 Å². The number of nitrogens with one attached hydrogen (secondary N) is 2.